The Morgan fingerprint density at radius 2 is 1.75 bits per heavy atom. The van der Waals surface area contributed by atoms with Crippen LogP contribution < -0.4 is 0 Å². The standard InChI is InChI=1S/C16H29N2O5P/c1-6-21-24(20,22-7-2)14(18-17)15(19)23-13-11-9-8-10-12(13)16(3,4)5/h12-13H,6-11H2,1-5H3/p+1. The Morgan fingerprint density at radius 3 is 2.21 bits per heavy atom. The van der Waals surface area contributed by atoms with Gasteiger partial charge in [0.2, 0.25) is 5.39 Å². The average Bonchev–Trinajstić information content (AvgIpc) is 2.47. The first kappa shape index (κ1) is 21.1. The van der Waals surface area contributed by atoms with Gasteiger partial charge in [-0.2, -0.15) is 0 Å². The van der Waals surface area contributed by atoms with E-state index in [-0.39, 0.29) is 30.7 Å². The van der Waals surface area contributed by atoms with Crippen LogP contribution in [0.25, 0.3) is 4.98 Å². The molecule has 0 saturated heterocycles. The molecule has 8 heteroatoms. The molecule has 0 heterocycles. The zero-order valence-corrected chi connectivity index (χ0v) is 16.2. The number of diazo groups is 1. The highest BCUT2D eigenvalue weighted by Gasteiger charge is 2.45. The van der Waals surface area contributed by atoms with E-state index in [2.05, 4.69) is 25.7 Å². The highest BCUT2D eigenvalue weighted by atomic mass is 31.2. The third-order valence-corrected chi connectivity index (χ3v) is 6.25. The summed E-state index contributed by atoms with van der Waals surface area (Å²) < 4.78 is 16.0. The first-order valence-electron chi connectivity index (χ1n) is 8.54. The van der Waals surface area contributed by atoms with Crippen LogP contribution in [-0.2, 0) is 18.6 Å². The molecule has 1 fully saturated rings. The second-order valence-corrected chi connectivity index (χ2v) is 8.96. The van der Waals surface area contributed by atoms with Crippen LogP contribution in [0.1, 0.15) is 60.3 Å². The SMILES string of the molecule is CCOP(O)(OCC)=C([N+]#N)C(=O)OC1CCCCC1C(C)(C)C. The van der Waals surface area contributed by atoms with Crippen molar-refractivity contribution in [2.75, 3.05) is 13.2 Å². The molecule has 0 spiro atoms. The summed E-state index contributed by atoms with van der Waals surface area (Å²) >= 11 is 0. The van der Waals surface area contributed by atoms with E-state index in [1.54, 1.807) is 13.8 Å². The molecule has 2 atom stereocenters. The molecule has 7 nitrogen and oxygen atoms in total. The predicted octanol–water partition coefficient (Wildman–Crippen LogP) is 3.95. The molecule has 0 aromatic heterocycles. The molecule has 0 amide bonds. The number of esters is 1. The van der Waals surface area contributed by atoms with Crippen LogP contribution in [0.2, 0.25) is 0 Å². The lowest BCUT2D eigenvalue weighted by atomic mass is 9.71. The number of hydrogen-bond acceptors (Lipinski definition) is 6. The van der Waals surface area contributed by atoms with Crippen molar-refractivity contribution in [1.29, 1.82) is 5.39 Å². The summed E-state index contributed by atoms with van der Waals surface area (Å²) in [4.78, 5) is 25.9. The fourth-order valence-electron chi connectivity index (χ4n) is 3.14. The molecule has 1 aliphatic rings. The number of carbonyl (C=O) groups excluding carboxylic acids is 1. The zero-order valence-electron chi connectivity index (χ0n) is 15.3. The fourth-order valence-corrected chi connectivity index (χ4v) is 4.56. The second kappa shape index (κ2) is 8.96. The number of carbonyl (C=O) groups is 1. The van der Waals surface area contributed by atoms with Gasteiger partial charge in [-0.3, -0.25) is 0 Å². The van der Waals surface area contributed by atoms with Gasteiger partial charge < -0.3 is 18.7 Å². The van der Waals surface area contributed by atoms with E-state index in [4.69, 9.17) is 13.8 Å². The molecule has 0 radical (unpaired) electrons. The summed E-state index contributed by atoms with van der Waals surface area (Å²) in [6, 6.07) is 0. The van der Waals surface area contributed by atoms with Crippen molar-refractivity contribution in [2.45, 2.75) is 66.4 Å². The van der Waals surface area contributed by atoms with Crippen molar-refractivity contribution < 1.29 is 23.5 Å². The van der Waals surface area contributed by atoms with Gasteiger partial charge in [-0.25, -0.2) is 4.79 Å². The summed E-state index contributed by atoms with van der Waals surface area (Å²) in [5, 5.41) is 9.24. The lowest BCUT2D eigenvalue weighted by Crippen LogP contribution is -2.39. The van der Waals surface area contributed by atoms with Gasteiger partial charge in [0.1, 0.15) is 6.10 Å². The van der Waals surface area contributed by atoms with E-state index >= 15 is 0 Å². The van der Waals surface area contributed by atoms with E-state index < -0.39 is 19.0 Å². The minimum atomic E-state index is -3.74. The van der Waals surface area contributed by atoms with Crippen LogP contribution in [0.15, 0.2) is 0 Å². The normalized spacial score (nSPS) is 21.9. The van der Waals surface area contributed by atoms with Gasteiger partial charge in [0.15, 0.2) is 4.98 Å². The van der Waals surface area contributed by atoms with Crippen LogP contribution in [-0.4, -0.2) is 35.6 Å². The van der Waals surface area contributed by atoms with E-state index in [9.17, 15) is 15.1 Å². The van der Waals surface area contributed by atoms with Crippen molar-refractivity contribution >= 4 is 19.0 Å². The molecule has 0 aromatic rings. The predicted molar refractivity (Wildman–Crippen MR) is 93.8 cm³/mol. The molecule has 0 bridgehead atoms. The van der Waals surface area contributed by atoms with E-state index in [1.165, 1.54) is 0 Å². The summed E-state index contributed by atoms with van der Waals surface area (Å²) in [7, 11) is -3.74. The summed E-state index contributed by atoms with van der Waals surface area (Å²) in [6.07, 6.45) is 3.54. The van der Waals surface area contributed by atoms with E-state index in [1.807, 2.05) is 0 Å². The summed E-state index contributed by atoms with van der Waals surface area (Å²) in [5.74, 6) is -0.669. The van der Waals surface area contributed by atoms with Gasteiger partial charge >= 0.3 is 19.0 Å². The summed E-state index contributed by atoms with van der Waals surface area (Å²) in [5.41, 5.74) is -0.586. The molecular weight excluding hydrogens is 331 g/mol. The Kier molecular flexibility index (Phi) is 7.88. The number of hydrogen-bond donors (Lipinski definition) is 1. The van der Waals surface area contributed by atoms with Gasteiger partial charge in [-0.05, 0) is 38.5 Å². The Labute approximate surface area is 144 Å². The Hall–Kier alpha value is -0.930. The lowest BCUT2D eigenvalue weighted by Gasteiger charge is -2.39. The Balaban J connectivity index is 3.07. The van der Waals surface area contributed by atoms with Crippen molar-refractivity contribution in [3.8, 4) is 0 Å². The van der Waals surface area contributed by atoms with Gasteiger partial charge in [-0.1, -0.05) is 27.2 Å². The van der Waals surface area contributed by atoms with Crippen LogP contribution in [0.5, 0.6) is 0 Å². The minimum Gasteiger partial charge on any atom is -0.453 e. The van der Waals surface area contributed by atoms with Crippen LogP contribution in [0.4, 0.5) is 0 Å². The molecular formula is C16H30N2O5P+. The zero-order chi connectivity index (χ0) is 18.4. The molecule has 1 rings (SSSR count). The third-order valence-electron chi connectivity index (χ3n) is 4.23. The van der Waals surface area contributed by atoms with Crippen molar-refractivity contribution in [3.63, 3.8) is 0 Å². The molecule has 24 heavy (non-hydrogen) atoms. The molecule has 1 saturated carbocycles. The monoisotopic (exact) mass is 361 g/mol. The smallest absolute Gasteiger partial charge is 0.453 e. The van der Waals surface area contributed by atoms with Gasteiger partial charge in [0.05, 0.1) is 13.2 Å². The lowest BCUT2D eigenvalue weighted by molar-refractivity contribution is -0.147. The molecule has 1 N–H and O–H groups in total. The molecule has 0 aliphatic heterocycles. The van der Waals surface area contributed by atoms with Gasteiger partial charge in [0.25, 0.3) is 0 Å². The molecule has 0 aromatic carbocycles. The molecule has 1 aliphatic carbocycles. The van der Waals surface area contributed by atoms with Crippen LogP contribution in [0, 0.1) is 16.7 Å². The Bertz CT molecular complexity index is 526. The first-order valence-corrected chi connectivity index (χ1v) is 10.1. The van der Waals surface area contributed by atoms with Gasteiger partial charge in [0, 0.05) is 5.92 Å². The average molecular weight is 361 g/mol. The number of rotatable bonds is 6. The maximum atomic E-state index is 12.5. The third kappa shape index (κ3) is 5.29. The van der Waals surface area contributed by atoms with Crippen molar-refractivity contribution in [1.82, 2.24) is 0 Å². The van der Waals surface area contributed by atoms with Gasteiger partial charge in [-0.15, -0.1) is 0 Å². The maximum Gasteiger partial charge on any atom is 0.537 e. The van der Waals surface area contributed by atoms with E-state index in [0.29, 0.717) is 0 Å². The van der Waals surface area contributed by atoms with Crippen LogP contribution >= 0.6 is 7.57 Å². The second-order valence-electron chi connectivity index (χ2n) is 6.98. The molecule has 2 unspecified atom stereocenters. The topological polar surface area (TPSA) is 93.1 Å². The number of ether oxygens (including phenoxy) is 1. The fraction of sp³-hybridized carbons (Fsp3) is 0.875. The summed E-state index contributed by atoms with van der Waals surface area (Å²) in [6.45, 7) is 9.90. The largest absolute Gasteiger partial charge is 0.537 e. The quantitative estimate of drug-likeness (QED) is 0.437. The molecule has 138 valence electrons. The minimum absolute atomic E-state index is 0.00678. The maximum absolute atomic E-state index is 12.5. The first-order chi connectivity index (χ1) is 11.2. The van der Waals surface area contributed by atoms with E-state index in [0.717, 1.165) is 25.7 Å². The highest BCUT2D eigenvalue weighted by molar-refractivity contribution is 7.64. The van der Waals surface area contributed by atoms with Crippen LogP contribution in [0.3, 0.4) is 0 Å². The van der Waals surface area contributed by atoms with Crippen molar-refractivity contribution in [3.05, 3.63) is 4.98 Å². The Morgan fingerprint density at radius 1 is 1.21 bits per heavy atom. The van der Waals surface area contributed by atoms with Crippen molar-refractivity contribution in [2.24, 2.45) is 11.3 Å². The number of nitrogens with zero attached hydrogens (tertiary/aromatic N) is 2. The highest BCUT2D eigenvalue weighted by Crippen LogP contribution is 2.48.